The molecule has 0 heterocycles. The van der Waals surface area contributed by atoms with Crippen molar-refractivity contribution in [1.82, 2.24) is 0 Å². The molecule has 1 heteroatoms. The molecule has 0 amide bonds. The SMILES string of the molecule is CCc1ccc(CCC(C)(C)CN)cc1CC. The van der Waals surface area contributed by atoms with Crippen LogP contribution in [0.4, 0.5) is 0 Å². The highest BCUT2D eigenvalue weighted by atomic mass is 14.6. The molecule has 1 aromatic rings. The van der Waals surface area contributed by atoms with E-state index in [4.69, 9.17) is 5.73 Å². The number of hydrogen-bond donors (Lipinski definition) is 1. The van der Waals surface area contributed by atoms with E-state index in [9.17, 15) is 0 Å². The fourth-order valence-electron chi connectivity index (χ4n) is 2.09. The highest BCUT2D eigenvalue weighted by molar-refractivity contribution is 5.32. The normalized spacial score (nSPS) is 11.8. The van der Waals surface area contributed by atoms with Gasteiger partial charge in [0.15, 0.2) is 0 Å². The van der Waals surface area contributed by atoms with Crippen molar-refractivity contribution in [3.05, 3.63) is 34.9 Å². The van der Waals surface area contributed by atoms with Gasteiger partial charge in [-0.15, -0.1) is 0 Å². The quantitative estimate of drug-likeness (QED) is 0.796. The minimum Gasteiger partial charge on any atom is -0.330 e. The maximum absolute atomic E-state index is 5.77. The van der Waals surface area contributed by atoms with Crippen LogP contribution in [0.2, 0.25) is 0 Å². The number of nitrogens with two attached hydrogens (primary N) is 1. The molecule has 0 aliphatic carbocycles. The molecule has 1 aromatic carbocycles. The van der Waals surface area contributed by atoms with Gasteiger partial charge in [-0.3, -0.25) is 0 Å². The molecule has 0 aromatic heterocycles. The molecule has 0 bridgehead atoms. The zero-order valence-corrected chi connectivity index (χ0v) is 11.8. The summed E-state index contributed by atoms with van der Waals surface area (Å²) in [4.78, 5) is 0. The molecule has 0 spiro atoms. The number of benzene rings is 1. The summed E-state index contributed by atoms with van der Waals surface area (Å²) in [5.41, 5.74) is 10.5. The molecule has 0 unspecified atom stereocenters. The van der Waals surface area contributed by atoms with Crippen molar-refractivity contribution < 1.29 is 0 Å². The minimum atomic E-state index is 0.260. The summed E-state index contributed by atoms with van der Waals surface area (Å²) < 4.78 is 0. The highest BCUT2D eigenvalue weighted by Gasteiger charge is 2.15. The van der Waals surface area contributed by atoms with Crippen molar-refractivity contribution in [2.24, 2.45) is 11.1 Å². The van der Waals surface area contributed by atoms with E-state index in [0.29, 0.717) is 0 Å². The second-order valence-corrected chi connectivity index (χ2v) is 5.68. The van der Waals surface area contributed by atoms with E-state index < -0.39 is 0 Å². The van der Waals surface area contributed by atoms with Gasteiger partial charge < -0.3 is 5.73 Å². The summed E-state index contributed by atoms with van der Waals surface area (Å²) >= 11 is 0. The first-order valence-electron chi connectivity index (χ1n) is 6.83. The summed E-state index contributed by atoms with van der Waals surface area (Å²) in [5, 5.41) is 0. The number of hydrogen-bond acceptors (Lipinski definition) is 1. The standard InChI is InChI=1S/C16H27N/c1-5-14-8-7-13(11-15(14)6-2)9-10-16(3,4)12-17/h7-8,11H,5-6,9-10,12,17H2,1-4H3. The first-order valence-corrected chi connectivity index (χ1v) is 6.83. The Kier molecular flexibility index (Phi) is 5.20. The second-order valence-electron chi connectivity index (χ2n) is 5.68. The van der Waals surface area contributed by atoms with Gasteiger partial charge in [0.2, 0.25) is 0 Å². The van der Waals surface area contributed by atoms with E-state index in [2.05, 4.69) is 45.9 Å². The molecular weight excluding hydrogens is 206 g/mol. The molecule has 0 atom stereocenters. The molecule has 0 aliphatic rings. The Hall–Kier alpha value is -0.820. The molecule has 96 valence electrons. The summed E-state index contributed by atoms with van der Waals surface area (Å²) in [6.45, 7) is 9.72. The molecule has 17 heavy (non-hydrogen) atoms. The Morgan fingerprint density at radius 3 is 2.24 bits per heavy atom. The zero-order valence-electron chi connectivity index (χ0n) is 11.8. The summed E-state index contributed by atoms with van der Waals surface area (Å²) in [7, 11) is 0. The van der Waals surface area contributed by atoms with Gasteiger partial charge in [-0.05, 0) is 54.3 Å². The van der Waals surface area contributed by atoms with Gasteiger partial charge in [-0.25, -0.2) is 0 Å². The first-order chi connectivity index (χ1) is 8.02. The van der Waals surface area contributed by atoms with Gasteiger partial charge in [0.1, 0.15) is 0 Å². The lowest BCUT2D eigenvalue weighted by molar-refractivity contribution is 0.348. The van der Waals surface area contributed by atoms with E-state index in [1.54, 1.807) is 0 Å². The van der Waals surface area contributed by atoms with Gasteiger partial charge in [0, 0.05) is 0 Å². The van der Waals surface area contributed by atoms with Crippen molar-refractivity contribution in [2.75, 3.05) is 6.54 Å². The van der Waals surface area contributed by atoms with Crippen LogP contribution in [-0.4, -0.2) is 6.54 Å². The minimum absolute atomic E-state index is 0.260. The van der Waals surface area contributed by atoms with Crippen LogP contribution in [0.5, 0.6) is 0 Å². The van der Waals surface area contributed by atoms with E-state index in [1.165, 1.54) is 16.7 Å². The molecule has 0 saturated carbocycles. The Labute approximate surface area is 106 Å². The maximum Gasteiger partial charge on any atom is -0.00257 e. The van der Waals surface area contributed by atoms with Gasteiger partial charge in [-0.2, -0.15) is 0 Å². The average Bonchev–Trinajstić information content (AvgIpc) is 2.36. The van der Waals surface area contributed by atoms with Crippen LogP contribution in [0, 0.1) is 5.41 Å². The van der Waals surface area contributed by atoms with E-state index in [0.717, 1.165) is 32.2 Å². The molecule has 0 saturated heterocycles. The van der Waals surface area contributed by atoms with Crippen LogP contribution in [0.3, 0.4) is 0 Å². The van der Waals surface area contributed by atoms with E-state index in [-0.39, 0.29) is 5.41 Å². The predicted molar refractivity (Wildman–Crippen MR) is 76.4 cm³/mol. The van der Waals surface area contributed by atoms with Crippen LogP contribution < -0.4 is 5.73 Å². The number of rotatable bonds is 6. The van der Waals surface area contributed by atoms with Crippen LogP contribution >= 0.6 is 0 Å². The smallest absolute Gasteiger partial charge is 0.00257 e. The summed E-state index contributed by atoms with van der Waals surface area (Å²) in [6.07, 6.45) is 4.58. The zero-order chi connectivity index (χ0) is 12.9. The fourth-order valence-corrected chi connectivity index (χ4v) is 2.09. The van der Waals surface area contributed by atoms with E-state index >= 15 is 0 Å². The molecule has 2 N–H and O–H groups in total. The third kappa shape index (κ3) is 4.16. The van der Waals surface area contributed by atoms with Crippen LogP contribution in [0.25, 0.3) is 0 Å². The molecular formula is C16H27N. The third-order valence-corrected chi connectivity index (χ3v) is 3.68. The van der Waals surface area contributed by atoms with Gasteiger partial charge in [-0.1, -0.05) is 45.9 Å². The Morgan fingerprint density at radius 1 is 1.06 bits per heavy atom. The molecule has 0 radical (unpaired) electrons. The van der Waals surface area contributed by atoms with Crippen molar-refractivity contribution in [1.29, 1.82) is 0 Å². The molecule has 0 aliphatic heterocycles. The lowest BCUT2D eigenvalue weighted by Gasteiger charge is -2.22. The van der Waals surface area contributed by atoms with Gasteiger partial charge >= 0.3 is 0 Å². The summed E-state index contributed by atoms with van der Waals surface area (Å²) in [6, 6.07) is 6.96. The van der Waals surface area contributed by atoms with Crippen LogP contribution in [0.1, 0.15) is 50.8 Å². The first kappa shape index (κ1) is 14.2. The largest absolute Gasteiger partial charge is 0.330 e. The van der Waals surface area contributed by atoms with Crippen LogP contribution in [-0.2, 0) is 19.3 Å². The molecule has 0 fully saturated rings. The van der Waals surface area contributed by atoms with Crippen LogP contribution in [0.15, 0.2) is 18.2 Å². The lowest BCUT2D eigenvalue weighted by atomic mass is 9.86. The van der Waals surface area contributed by atoms with E-state index in [1.807, 2.05) is 0 Å². The Bertz CT molecular complexity index is 353. The van der Waals surface area contributed by atoms with Crippen molar-refractivity contribution >= 4 is 0 Å². The molecule has 1 rings (SSSR count). The predicted octanol–water partition coefficient (Wildman–Crippen LogP) is 3.73. The van der Waals surface area contributed by atoms with Crippen molar-refractivity contribution in [2.45, 2.75) is 53.4 Å². The topological polar surface area (TPSA) is 26.0 Å². The Balaban J connectivity index is 2.73. The number of aryl methyl sites for hydroxylation is 3. The average molecular weight is 233 g/mol. The Morgan fingerprint density at radius 2 is 1.71 bits per heavy atom. The lowest BCUT2D eigenvalue weighted by Crippen LogP contribution is -2.24. The van der Waals surface area contributed by atoms with Gasteiger partial charge in [0.05, 0.1) is 0 Å². The van der Waals surface area contributed by atoms with Crippen molar-refractivity contribution in [3.8, 4) is 0 Å². The second kappa shape index (κ2) is 6.20. The summed E-state index contributed by atoms with van der Waals surface area (Å²) in [5.74, 6) is 0. The monoisotopic (exact) mass is 233 g/mol. The molecule has 1 nitrogen and oxygen atoms in total. The third-order valence-electron chi connectivity index (χ3n) is 3.68. The van der Waals surface area contributed by atoms with Crippen molar-refractivity contribution in [3.63, 3.8) is 0 Å². The maximum atomic E-state index is 5.77. The van der Waals surface area contributed by atoms with Gasteiger partial charge in [0.25, 0.3) is 0 Å². The highest BCUT2D eigenvalue weighted by Crippen LogP contribution is 2.22. The fraction of sp³-hybridized carbons (Fsp3) is 0.625.